The van der Waals surface area contributed by atoms with Gasteiger partial charge in [0.1, 0.15) is 5.75 Å². The van der Waals surface area contributed by atoms with Crippen molar-refractivity contribution in [1.82, 2.24) is 0 Å². The molecule has 0 aliphatic carbocycles. The molecule has 0 fully saturated rings. The Labute approximate surface area is 223 Å². The molecule has 0 unspecified atom stereocenters. The van der Waals surface area contributed by atoms with Gasteiger partial charge in [0, 0.05) is 11.3 Å². The van der Waals surface area contributed by atoms with Gasteiger partial charge < -0.3 is 9.64 Å². The maximum Gasteiger partial charge on any atom is 0.123 e. The van der Waals surface area contributed by atoms with Crippen molar-refractivity contribution in [3.8, 4) is 5.75 Å². The van der Waals surface area contributed by atoms with Crippen LogP contribution < -0.4 is 9.64 Å². The lowest BCUT2D eigenvalue weighted by Gasteiger charge is -2.46. The number of hydrogen-bond acceptors (Lipinski definition) is 2. The number of fused-ring (bicyclic) bond motifs is 3. The van der Waals surface area contributed by atoms with Gasteiger partial charge >= 0.3 is 0 Å². The van der Waals surface area contributed by atoms with Crippen molar-refractivity contribution in [1.29, 1.82) is 0 Å². The fourth-order valence-corrected chi connectivity index (χ4v) is 6.24. The van der Waals surface area contributed by atoms with Gasteiger partial charge in [0.25, 0.3) is 0 Å². The fraction of sp³-hybridized carbons (Fsp3) is 0.0556. The highest BCUT2D eigenvalue weighted by atomic mass is 16.5. The monoisotopic (exact) mass is 489 g/mol. The zero-order valence-corrected chi connectivity index (χ0v) is 21.2. The van der Waals surface area contributed by atoms with Crippen molar-refractivity contribution in [2.45, 2.75) is 5.41 Å². The quantitative estimate of drug-likeness (QED) is 0.245. The molecule has 0 aromatic heterocycles. The van der Waals surface area contributed by atoms with Crippen LogP contribution in [0.2, 0.25) is 0 Å². The van der Waals surface area contributed by atoms with Crippen LogP contribution in [0.1, 0.15) is 22.3 Å². The molecule has 0 amide bonds. The van der Waals surface area contributed by atoms with E-state index in [2.05, 4.69) is 144 Å². The third-order valence-corrected chi connectivity index (χ3v) is 7.81. The number of benzene rings is 6. The highest BCUT2D eigenvalue weighted by molar-refractivity contribution is 5.91. The van der Waals surface area contributed by atoms with Crippen molar-refractivity contribution >= 4 is 27.8 Å². The molecule has 38 heavy (non-hydrogen) atoms. The van der Waals surface area contributed by atoms with Crippen LogP contribution >= 0.6 is 0 Å². The Kier molecular flexibility index (Phi) is 5.26. The summed E-state index contributed by atoms with van der Waals surface area (Å²) in [6, 6.07) is 52.2. The molecular weight excluding hydrogens is 462 g/mol. The highest BCUT2D eigenvalue weighted by Gasteiger charge is 2.47. The average Bonchev–Trinajstić information content (AvgIpc) is 3.00. The molecule has 1 aliphatic rings. The summed E-state index contributed by atoms with van der Waals surface area (Å²) in [6.07, 6.45) is 0. The summed E-state index contributed by atoms with van der Waals surface area (Å²) in [5.41, 5.74) is 7.67. The first-order valence-corrected chi connectivity index (χ1v) is 13.0. The zero-order valence-electron chi connectivity index (χ0n) is 21.2. The largest absolute Gasteiger partial charge is 0.496 e. The first-order valence-electron chi connectivity index (χ1n) is 13.0. The molecule has 2 nitrogen and oxygen atoms in total. The maximum absolute atomic E-state index is 6.06. The summed E-state index contributed by atoms with van der Waals surface area (Å²) in [6.45, 7) is 0. The van der Waals surface area contributed by atoms with Crippen LogP contribution in [-0.4, -0.2) is 7.11 Å². The predicted molar refractivity (Wildman–Crippen MR) is 157 cm³/mol. The standard InChI is InChI=1S/C36H27NO/c1-38-35-22-12-9-19-32(35)36(28-24-23-26-13-5-6-14-27(26)25-28)30-17-7-10-20-33(30)37(29-15-3-2-4-16-29)34-21-11-8-18-31(34)36/h2-25H,1H3. The van der Waals surface area contributed by atoms with E-state index in [1.54, 1.807) is 7.11 Å². The van der Waals surface area contributed by atoms with Gasteiger partial charge in [-0.25, -0.2) is 0 Å². The van der Waals surface area contributed by atoms with Crippen molar-refractivity contribution in [2.24, 2.45) is 0 Å². The number of rotatable bonds is 4. The normalized spacial score (nSPS) is 13.6. The molecule has 182 valence electrons. The van der Waals surface area contributed by atoms with E-state index in [-0.39, 0.29) is 0 Å². The van der Waals surface area contributed by atoms with Crippen LogP contribution in [0, 0.1) is 0 Å². The second kappa shape index (κ2) is 8.93. The van der Waals surface area contributed by atoms with E-state index in [1.165, 1.54) is 27.5 Å². The summed E-state index contributed by atoms with van der Waals surface area (Å²) in [4.78, 5) is 2.39. The molecule has 0 N–H and O–H groups in total. The summed E-state index contributed by atoms with van der Waals surface area (Å²) in [5.74, 6) is 0.874. The van der Waals surface area contributed by atoms with Gasteiger partial charge in [0.15, 0.2) is 0 Å². The SMILES string of the molecule is COc1ccccc1C1(c2ccc3ccccc3c2)c2ccccc2N(c2ccccc2)c2ccccc21. The third kappa shape index (κ3) is 3.20. The lowest BCUT2D eigenvalue weighted by atomic mass is 9.62. The second-order valence-electron chi connectivity index (χ2n) is 9.72. The van der Waals surface area contributed by atoms with E-state index in [0.717, 1.165) is 28.4 Å². The molecule has 0 saturated heterocycles. The number of nitrogens with zero attached hydrogens (tertiary/aromatic N) is 1. The molecule has 0 bridgehead atoms. The summed E-state index contributed by atoms with van der Waals surface area (Å²) < 4.78 is 6.06. The summed E-state index contributed by atoms with van der Waals surface area (Å²) in [5, 5.41) is 2.45. The minimum absolute atomic E-state index is 0.588. The van der Waals surface area contributed by atoms with Crippen LogP contribution in [0.15, 0.2) is 146 Å². The first kappa shape index (κ1) is 22.4. The lowest BCUT2D eigenvalue weighted by Crippen LogP contribution is -2.38. The van der Waals surface area contributed by atoms with Crippen LogP contribution in [0.25, 0.3) is 10.8 Å². The van der Waals surface area contributed by atoms with E-state index in [0.29, 0.717) is 0 Å². The first-order chi connectivity index (χ1) is 18.8. The minimum atomic E-state index is -0.588. The summed E-state index contributed by atoms with van der Waals surface area (Å²) in [7, 11) is 1.77. The smallest absolute Gasteiger partial charge is 0.123 e. The highest BCUT2D eigenvalue weighted by Crippen LogP contribution is 2.59. The molecule has 0 spiro atoms. The Balaban J connectivity index is 1.66. The van der Waals surface area contributed by atoms with Crippen LogP contribution in [-0.2, 0) is 5.41 Å². The van der Waals surface area contributed by atoms with Crippen LogP contribution in [0.5, 0.6) is 5.75 Å². The van der Waals surface area contributed by atoms with Gasteiger partial charge in [0.05, 0.1) is 23.9 Å². The molecule has 1 aliphatic heterocycles. The van der Waals surface area contributed by atoms with Gasteiger partial charge in [-0.15, -0.1) is 0 Å². The third-order valence-electron chi connectivity index (χ3n) is 7.81. The zero-order chi connectivity index (χ0) is 25.5. The number of anilines is 3. The minimum Gasteiger partial charge on any atom is -0.496 e. The summed E-state index contributed by atoms with van der Waals surface area (Å²) >= 11 is 0. The topological polar surface area (TPSA) is 12.5 Å². The Morgan fingerprint density at radius 3 is 1.74 bits per heavy atom. The molecule has 6 aromatic carbocycles. The Hall–Kier alpha value is -4.82. The molecule has 2 heteroatoms. The van der Waals surface area contributed by atoms with E-state index >= 15 is 0 Å². The molecule has 1 heterocycles. The molecule has 6 aromatic rings. The van der Waals surface area contributed by atoms with Crippen LogP contribution in [0.3, 0.4) is 0 Å². The molecule has 7 rings (SSSR count). The van der Waals surface area contributed by atoms with Crippen LogP contribution in [0.4, 0.5) is 17.1 Å². The Morgan fingerprint density at radius 1 is 0.500 bits per heavy atom. The Morgan fingerprint density at radius 2 is 1.05 bits per heavy atom. The van der Waals surface area contributed by atoms with E-state index < -0.39 is 5.41 Å². The predicted octanol–water partition coefficient (Wildman–Crippen LogP) is 9.01. The number of para-hydroxylation sites is 4. The molecule has 0 saturated carbocycles. The average molecular weight is 490 g/mol. The molecular formula is C36H27NO. The van der Waals surface area contributed by atoms with Gasteiger partial charge in [-0.1, -0.05) is 109 Å². The van der Waals surface area contributed by atoms with E-state index in [4.69, 9.17) is 4.74 Å². The second-order valence-corrected chi connectivity index (χ2v) is 9.72. The van der Waals surface area contributed by atoms with E-state index in [9.17, 15) is 0 Å². The molecule has 0 radical (unpaired) electrons. The number of hydrogen-bond donors (Lipinski definition) is 0. The van der Waals surface area contributed by atoms with Gasteiger partial charge in [-0.3, -0.25) is 0 Å². The Bertz CT molecular complexity index is 1720. The number of methoxy groups -OCH3 is 1. The molecule has 0 atom stereocenters. The van der Waals surface area contributed by atoms with Gasteiger partial charge in [0.2, 0.25) is 0 Å². The van der Waals surface area contributed by atoms with E-state index in [1.807, 2.05) is 6.07 Å². The van der Waals surface area contributed by atoms with Crippen molar-refractivity contribution in [2.75, 3.05) is 12.0 Å². The lowest BCUT2D eigenvalue weighted by molar-refractivity contribution is 0.405. The fourth-order valence-electron chi connectivity index (χ4n) is 6.24. The maximum atomic E-state index is 6.06. The number of ether oxygens (including phenoxy) is 1. The van der Waals surface area contributed by atoms with Crippen molar-refractivity contribution in [3.05, 3.63) is 168 Å². The van der Waals surface area contributed by atoms with Crippen molar-refractivity contribution < 1.29 is 4.74 Å². The van der Waals surface area contributed by atoms with Gasteiger partial charge in [-0.2, -0.15) is 0 Å². The van der Waals surface area contributed by atoms with Crippen molar-refractivity contribution in [3.63, 3.8) is 0 Å². The van der Waals surface area contributed by atoms with Gasteiger partial charge in [-0.05, 0) is 63.9 Å².